The molecule has 0 bridgehead atoms. The monoisotopic (exact) mass is 317 g/mol. The third kappa shape index (κ3) is 4.09. The molecule has 0 spiro atoms. The maximum Gasteiger partial charge on any atom is 0.305 e. The number of benzene rings is 2. The number of carbonyl (C=O) groups excluding carboxylic acids is 1. The predicted molar refractivity (Wildman–Crippen MR) is 85.1 cm³/mol. The van der Waals surface area contributed by atoms with Gasteiger partial charge in [-0.1, -0.05) is 53.6 Å². The van der Waals surface area contributed by atoms with Gasteiger partial charge in [0.25, 0.3) is 5.91 Å². The number of carbonyl (C=O) groups is 2. The standard InChI is InChI=1S/C17H16ClNO3/c1-11-6-8-12(9-7-11)15(10-16(20)21)19-17(22)13-4-2-3-5-14(13)18/h2-9,15H,10H2,1H3,(H,19,22)(H,20,21)/t15-/m1/s1. The van der Waals surface area contributed by atoms with Crippen LogP contribution < -0.4 is 5.32 Å². The first kappa shape index (κ1) is 16.0. The molecule has 2 N–H and O–H groups in total. The number of rotatable bonds is 5. The molecule has 0 aliphatic carbocycles. The number of hydrogen-bond acceptors (Lipinski definition) is 2. The molecule has 2 aromatic carbocycles. The molecule has 0 aromatic heterocycles. The van der Waals surface area contributed by atoms with E-state index in [1.54, 1.807) is 24.3 Å². The van der Waals surface area contributed by atoms with E-state index in [0.717, 1.165) is 11.1 Å². The Morgan fingerprint density at radius 1 is 1.14 bits per heavy atom. The minimum atomic E-state index is -0.981. The summed E-state index contributed by atoms with van der Waals surface area (Å²) < 4.78 is 0. The summed E-state index contributed by atoms with van der Waals surface area (Å²) in [6.45, 7) is 1.94. The quantitative estimate of drug-likeness (QED) is 0.885. The van der Waals surface area contributed by atoms with Crippen LogP contribution in [0.4, 0.5) is 0 Å². The normalized spacial score (nSPS) is 11.7. The highest BCUT2D eigenvalue weighted by Gasteiger charge is 2.20. The van der Waals surface area contributed by atoms with Gasteiger partial charge in [-0.05, 0) is 24.6 Å². The van der Waals surface area contributed by atoms with E-state index < -0.39 is 17.9 Å². The van der Waals surface area contributed by atoms with Gasteiger partial charge < -0.3 is 10.4 Å². The van der Waals surface area contributed by atoms with Crippen molar-refractivity contribution in [2.75, 3.05) is 0 Å². The predicted octanol–water partition coefficient (Wildman–Crippen LogP) is 3.59. The molecule has 5 heteroatoms. The highest BCUT2D eigenvalue weighted by molar-refractivity contribution is 6.33. The molecule has 0 aliphatic heterocycles. The van der Waals surface area contributed by atoms with E-state index in [-0.39, 0.29) is 6.42 Å². The van der Waals surface area contributed by atoms with Crippen LogP contribution in [0.3, 0.4) is 0 Å². The Balaban J connectivity index is 2.23. The van der Waals surface area contributed by atoms with E-state index in [0.29, 0.717) is 10.6 Å². The van der Waals surface area contributed by atoms with Crippen LogP contribution in [0.5, 0.6) is 0 Å². The number of amides is 1. The van der Waals surface area contributed by atoms with Gasteiger partial charge in [0.2, 0.25) is 0 Å². The van der Waals surface area contributed by atoms with Crippen LogP contribution in [0.1, 0.15) is 33.9 Å². The van der Waals surface area contributed by atoms with Crippen LogP contribution in [0.15, 0.2) is 48.5 Å². The Morgan fingerprint density at radius 3 is 2.36 bits per heavy atom. The number of aliphatic carboxylic acids is 1. The number of aryl methyl sites for hydroxylation is 1. The topological polar surface area (TPSA) is 66.4 Å². The van der Waals surface area contributed by atoms with Crippen molar-refractivity contribution in [3.05, 3.63) is 70.2 Å². The van der Waals surface area contributed by atoms with Gasteiger partial charge in [-0.3, -0.25) is 9.59 Å². The Morgan fingerprint density at radius 2 is 1.77 bits per heavy atom. The zero-order valence-corrected chi connectivity index (χ0v) is 12.8. The highest BCUT2D eigenvalue weighted by Crippen LogP contribution is 2.20. The van der Waals surface area contributed by atoms with Gasteiger partial charge in [0, 0.05) is 0 Å². The molecule has 0 heterocycles. The summed E-state index contributed by atoms with van der Waals surface area (Å²) in [6.07, 6.45) is -0.195. The number of hydrogen-bond donors (Lipinski definition) is 2. The second-order valence-corrected chi connectivity index (χ2v) is 5.42. The lowest BCUT2D eigenvalue weighted by atomic mass is 10.0. The van der Waals surface area contributed by atoms with E-state index in [1.165, 1.54) is 0 Å². The van der Waals surface area contributed by atoms with Crippen molar-refractivity contribution in [3.63, 3.8) is 0 Å². The van der Waals surface area contributed by atoms with E-state index in [4.69, 9.17) is 16.7 Å². The molecule has 0 saturated carbocycles. The highest BCUT2D eigenvalue weighted by atomic mass is 35.5. The molecule has 114 valence electrons. The summed E-state index contributed by atoms with van der Waals surface area (Å²) >= 11 is 6.00. The number of carboxylic acid groups (broad SMARTS) is 1. The molecule has 4 nitrogen and oxygen atoms in total. The van der Waals surface area contributed by atoms with Crippen LogP contribution in [-0.2, 0) is 4.79 Å². The van der Waals surface area contributed by atoms with Crippen molar-refractivity contribution in [2.24, 2.45) is 0 Å². The fourth-order valence-corrected chi connectivity index (χ4v) is 2.33. The SMILES string of the molecule is Cc1ccc([C@@H](CC(=O)O)NC(=O)c2ccccc2Cl)cc1. The van der Waals surface area contributed by atoms with Gasteiger partial charge in [0.05, 0.1) is 23.0 Å². The maximum absolute atomic E-state index is 12.3. The number of halogens is 1. The minimum absolute atomic E-state index is 0.195. The molecule has 2 aromatic rings. The summed E-state index contributed by atoms with van der Waals surface area (Å²) in [5.74, 6) is -1.37. The Labute approximate surface area is 133 Å². The number of nitrogens with one attached hydrogen (secondary N) is 1. The Hall–Kier alpha value is -2.33. The lowest BCUT2D eigenvalue weighted by Crippen LogP contribution is -2.30. The molecule has 0 saturated heterocycles. The van der Waals surface area contributed by atoms with E-state index in [9.17, 15) is 9.59 Å². The average molecular weight is 318 g/mol. The molecule has 0 fully saturated rings. The van der Waals surface area contributed by atoms with Crippen LogP contribution in [0.2, 0.25) is 5.02 Å². The van der Waals surface area contributed by atoms with Crippen molar-refractivity contribution in [3.8, 4) is 0 Å². The molecule has 0 unspecified atom stereocenters. The largest absolute Gasteiger partial charge is 0.481 e. The van der Waals surface area contributed by atoms with Gasteiger partial charge in [-0.25, -0.2) is 0 Å². The van der Waals surface area contributed by atoms with Gasteiger partial charge in [0.15, 0.2) is 0 Å². The Kier molecular flexibility index (Phi) is 5.17. The van der Waals surface area contributed by atoms with Crippen molar-refractivity contribution in [1.29, 1.82) is 0 Å². The van der Waals surface area contributed by atoms with Gasteiger partial charge in [0.1, 0.15) is 0 Å². The molecule has 0 aliphatic rings. The first-order valence-electron chi connectivity index (χ1n) is 6.81. The minimum Gasteiger partial charge on any atom is -0.481 e. The number of carboxylic acids is 1. The van der Waals surface area contributed by atoms with Gasteiger partial charge in [-0.15, -0.1) is 0 Å². The van der Waals surface area contributed by atoms with Crippen molar-refractivity contribution >= 4 is 23.5 Å². The maximum atomic E-state index is 12.3. The summed E-state index contributed by atoms with van der Waals surface area (Å²) in [4.78, 5) is 23.4. The van der Waals surface area contributed by atoms with E-state index in [1.807, 2.05) is 31.2 Å². The zero-order valence-electron chi connectivity index (χ0n) is 12.0. The van der Waals surface area contributed by atoms with Crippen molar-refractivity contribution in [2.45, 2.75) is 19.4 Å². The molecule has 2 rings (SSSR count). The summed E-state index contributed by atoms with van der Waals surface area (Å²) in [5, 5.41) is 12.1. The lowest BCUT2D eigenvalue weighted by molar-refractivity contribution is -0.137. The van der Waals surface area contributed by atoms with Crippen LogP contribution in [0.25, 0.3) is 0 Å². The van der Waals surface area contributed by atoms with Crippen LogP contribution in [-0.4, -0.2) is 17.0 Å². The van der Waals surface area contributed by atoms with Crippen LogP contribution in [0, 0.1) is 6.92 Å². The van der Waals surface area contributed by atoms with Crippen molar-refractivity contribution < 1.29 is 14.7 Å². The molecule has 22 heavy (non-hydrogen) atoms. The third-order valence-electron chi connectivity index (χ3n) is 3.28. The molecular formula is C17H16ClNO3. The van der Waals surface area contributed by atoms with Gasteiger partial charge >= 0.3 is 5.97 Å². The Bertz CT molecular complexity index is 683. The van der Waals surface area contributed by atoms with Gasteiger partial charge in [-0.2, -0.15) is 0 Å². The van der Waals surface area contributed by atoms with E-state index >= 15 is 0 Å². The van der Waals surface area contributed by atoms with Crippen molar-refractivity contribution in [1.82, 2.24) is 5.32 Å². The summed E-state index contributed by atoms with van der Waals surface area (Å²) in [5.41, 5.74) is 2.13. The fraction of sp³-hybridized carbons (Fsp3) is 0.176. The second-order valence-electron chi connectivity index (χ2n) is 5.01. The molecular weight excluding hydrogens is 302 g/mol. The third-order valence-corrected chi connectivity index (χ3v) is 3.61. The first-order valence-corrected chi connectivity index (χ1v) is 7.19. The first-order chi connectivity index (χ1) is 10.5. The lowest BCUT2D eigenvalue weighted by Gasteiger charge is -2.18. The average Bonchev–Trinajstić information content (AvgIpc) is 2.47. The summed E-state index contributed by atoms with van der Waals surface area (Å²) in [7, 11) is 0. The smallest absolute Gasteiger partial charge is 0.305 e. The van der Waals surface area contributed by atoms with Crippen LogP contribution >= 0.6 is 11.6 Å². The van der Waals surface area contributed by atoms with E-state index in [2.05, 4.69) is 5.32 Å². The molecule has 0 radical (unpaired) electrons. The fourth-order valence-electron chi connectivity index (χ4n) is 2.11. The second kappa shape index (κ2) is 7.09. The zero-order chi connectivity index (χ0) is 16.1. The molecule has 1 amide bonds. The summed E-state index contributed by atoms with van der Waals surface area (Å²) in [6, 6.07) is 13.4. The molecule has 1 atom stereocenters.